The Hall–Kier alpha value is -2.47. The first kappa shape index (κ1) is 18.3. The Balaban J connectivity index is 1.68. The molecule has 3 rings (SSSR count). The van der Waals surface area contributed by atoms with Gasteiger partial charge in [0.2, 0.25) is 0 Å². The van der Waals surface area contributed by atoms with E-state index in [0.29, 0.717) is 18.0 Å². The summed E-state index contributed by atoms with van der Waals surface area (Å²) in [6.07, 6.45) is 0.972. The van der Waals surface area contributed by atoms with Crippen molar-refractivity contribution in [2.75, 3.05) is 37.7 Å². The lowest BCUT2D eigenvalue weighted by molar-refractivity contribution is 0.0952. The lowest BCUT2D eigenvalue weighted by Gasteiger charge is -2.27. The van der Waals surface area contributed by atoms with Gasteiger partial charge < -0.3 is 15.0 Å². The van der Waals surface area contributed by atoms with Gasteiger partial charge in [0.25, 0.3) is 5.91 Å². The Labute approximate surface area is 154 Å². The van der Waals surface area contributed by atoms with E-state index < -0.39 is 0 Å². The first-order chi connectivity index (χ1) is 12.6. The van der Waals surface area contributed by atoms with Crippen LogP contribution in [0.1, 0.15) is 30.6 Å². The fraction of sp³-hybridized carbons (Fsp3) is 0.450. The van der Waals surface area contributed by atoms with Gasteiger partial charge in [0, 0.05) is 30.8 Å². The van der Waals surface area contributed by atoms with Crippen LogP contribution in [0.3, 0.4) is 0 Å². The van der Waals surface area contributed by atoms with Crippen LogP contribution >= 0.6 is 0 Å². The molecule has 138 valence electrons. The van der Waals surface area contributed by atoms with E-state index >= 15 is 0 Å². The fourth-order valence-corrected chi connectivity index (χ4v) is 2.84. The molecule has 0 atom stereocenters. The molecule has 0 aliphatic carbocycles. The van der Waals surface area contributed by atoms with Gasteiger partial charge in [-0.2, -0.15) is 0 Å². The van der Waals surface area contributed by atoms with E-state index in [0.717, 1.165) is 49.8 Å². The van der Waals surface area contributed by atoms with Gasteiger partial charge >= 0.3 is 0 Å². The molecule has 1 fully saturated rings. The minimum Gasteiger partial charge on any atom is -0.378 e. The predicted molar refractivity (Wildman–Crippen MR) is 102 cm³/mol. The maximum Gasteiger partial charge on any atom is 0.251 e. The van der Waals surface area contributed by atoms with E-state index in [4.69, 9.17) is 4.74 Å². The molecule has 1 aliphatic rings. The van der Waals surface area contributed by atoms with Crippen molar-refractivity contribution >= 4 is 11.7 Å². The number of nitrogens with one attached hydrogen (secondary N) is 1. The van der Waals surface area contributed by atoms with Crippen molar-refractivity contribution in [3.8, 4) is 11.3 Å². The van der Waals surface area contributed by atoms with Gasteiger partial charge in [-0.05, 0) is 36.6 Å². The molecule has 0 bridgehead atoms. The predicted octanol–water partition coefficient (Wildman–Crippen LogP) is 2.76. The number of anilines is 1. The number of rotatable bonds is 6. The van der Waals surface area contributed by atoms with Gasteiger partial charge in [-0.15, -0.1) is 10.2 Å². The molecule has 0 spiro atoms. The van der Waals surface area contributed by atoms with Crippen molar-refractivity contribution in [3.63, 3.8) is 0 Å². The Morgan fingerprint density at radius 1 is 1.19 bits per heavy atom. The standard InChI is InChI=1S/C20H26N4O2/c1-15(2)8-9-21-20(25)17-5-3-4-16(14-17)18-6-7-19(23-22-18)24-10-12-26-13-11-24/h3-7,14-15H,8-13H2,1-2H3,(H,21,25). The lowest BCUT2D eigenvalue weighted by atomic mass is 10.1. The van der Waals surface area contributed by atoms with Crippen molar-refractivity contribution < 1.29 is 9.53 Å². The van der Waals surface area contributed by atoms with Crippen LogP contribution in [-0.4, -0.2) is 49.0 Å². The second-order valence-electron chi connectivity index (χ2n) is 6.90. The lowest BCUT2D eigenvalue weighted by Crippen LogP contribution is -2.36. The number of ether oxygens (including phenoxy) is 1. The third kappa shape index (κ3) is 4.79. The molecule has 0 unspecified atom stereocenters. The van der Waals surface area contributed by atoms with Crippen LogP contribution in [0.4, 0.5) is 5.82 Å². The summed E-state index contributed by atoms with van der Waals surface area (Å²) in [6, 6.07) is 11.4. The normalized spacial score (nSPS) is 14.5. The molecule has 1 aromatic heterocycles. The van der Waals surface area contributed by atoms with Gasteiger partial charge in [-0.3, -0.25) is 4.79 Å². The number of morpholine rings is 1. The minimum atomic E-state index is -0.0506. The smallest absolute Gasteiger partial charge is 0.251 e. The number of hydrogen-bond donors (Lipinski definition) is 1. The van der Waals surface area contributed by atoms with E-state index in [2.05, 4.69) is 34.3 Å². The number of aromatic nitrogens is 2. The molecule has 0 radical (unpaired) electrons. The zero-order valence-corrected chi connectivity index (χ0v) is 15.4. The third-order valence-corrected chi connectivity index (χ3v) is 4.41. The van der Waals surface area contributed by atoms with Gasteiger partial charge in [-0.25, -0.2) is 0 Å². The average molecular weight is 354 g/mol. The monoisotopic (exact) mass is 354 g/mol. The van der Waals surface area contributed by atoms with Crippen molar-refractivity contribution in [1.29, 1.82) is 0 Å². The average Bonchev–Trinajstić information content (AvgIpc) is 2.68. The summed E-state index contributed by atoms with van der Waals surface area (Å²) in [5.74, 6) is 1.38. The zero-order chi connectivity index (χ0) is 18.4. The van der Waals surface area contributed by atoms with Crippen LogP contribution in [0, 0.1) is 5.92 Å². The maximum absolute atomic E-state index is 12.3. The topological polar surface area (TPSA) is 67.4 Å². The van der Waals surface area contributed by atoms with E-state index in [1.54, 1.807) is 0 Å². The quantitative estimate of drug-likeness (QED) is 0.864. The van der Waals surface area contributed by atoms with Crippen LogP contribution in [0.5, 0.6) is 0 Å². The number of amides is 1. The summed E-state index contributed by atoms with van der Waals surface area (Å²) >= 11 is 0. The first-order valence-corrected chi connectivity index (χ1v) is 9.18. The van der Waals surface area contributed by atoms with Crippen molar-refractivity contribution in [2.24, 2.45) is 5.92 Å². The molecule has 1 aliphatic heterocycles. The van der Waals surface area contributed by atoms with E-state index in [1.807, 2.05) is 36.4 Å². The molecular weight excluding hydrogens is 328 g/mol. The number of carbonyl (C=O) groups excluding carboxylic acids is 1. The minimum absolute atomic E-state index is 0.0506. The van der Waals surface area contributed by atoms with E-state index in [1.165, 1.54) is 0 Å². The Bertz CT molecular complexity index is 725. The highest BCUT2D eigenvalue weighted by molar-refractivity contribution is 5.95. The summed E-state index contributed by atoms with van der Waals surface area (Å²) in [6.45, 7) is 8.09. The van der Waals surface area contributed by atoms with Crippen LogP contribution < -0.4 is 10.2 Å². The van der Waals surface area contributed by atoms with Crippen molar-refractivity contribution in [1.82, 2.24) is 15.5 Å². The molecule has 2 aromatic rings. The molecule has 1 aromatic carbocycles. The highest BCUT2D eigenvalue weighted by atomic mass is 16.5. The highest BCUT2D eigenvalue weighted by Gasteiger charge is 2.13. The number of carbonyl (C=O) groups is 1. The molecule has 1 amide bonds. The largest absolute Gasteiger partial charge is 0.378 e. The summed E-state index contributed by atoms with van der Waals surface area (Å²) in [5.41, 5.74) is 2.30. The van der Waals surface area contributed by atoms with Gasteiger partial charge in [0.05, 0.1) is 18.9 Å². The SMILES string of the molecule is CC(C)CCNC(=O)c1cccc(-c2ccc(N3CCOCC3)nn2)c1. The van der Waals surface area contributed by atoms with E-state index in [9.17, 15) is 4.79 Å². The van der Waals surface area contributed by atoms with Crippen LogP contribution in [-0.2, 0) is 4.74 Å². The second-order valence-corrected chi connectivity index (χ2v) is 6.90. The van der Waals surface area contributed by atoms with Gasteiger partial charge in [0.15, 0.2) is 5.82 Å². The van der Waals surface area contributed by atoms with Crippen LogP contribution in [0.15, 0.2) is 36.4 Å². The zero-order valence-electron chi connectivity index (χ0n) is 15.4. The van der Waals surface area contributed by atoms with Crippen LogP contribution in [0.25, 0.3) is 11.3 Å². The van der Waals surface area contributed by atoms with Crippen LogP contribution in [0.2, 0.25) is 0 Å². The summed E-state index contributed by atoms with van der Waals surface area (Å²) < 4.78 is 5.36. The molecule has 2 heterocycles. The Kier molecular flexibility index (Phi) is 6.17. The summed E-state index contributed by atoms with van der Waals surface area (Å²) in [4.78, 5) is 14.5. The Morgan fingerprint density at radius 3 is 2.69 bits per heavy atom. The fourth-order valence-electron chi connectivity index (χ4n) is 2.84. The number of benzene rings is 1. The highest BCUT2D eigenvalue weighted by Crippen LogP contribution is 2.20. The molecule has 1 saturated heterocycles. The third-order valence-electron chi connectivity index (χ3n) is 4.41. The second kappa shape index (κ2) is 8.76. The van der Waals surface area contributed by atoms with Gasteiger partial charge in [0.1, 0.15) is 0 Å². The van der Waals surface area contributed by atoms with Crippen molar-refractivity contribution in [3.05, 3.63) is 42.0 Å². The molecule has 1 N–H and O–H groups in total. The van der Waals surface area contributed by atoms with Gasteiger partial charge in [-0.1, -0.05) is 26.0 Å². The molecule has 26 heavy (non-hydrogen) atoms. The number of nitrogens with zero attached hydrogens (tertiary/aromatic N) is 3. The molecule has 6 heteroatoms. The maximum atomic E-state index is 12.3. The molecule has 0 saturated carbocycles. The molecular formula is C20H26N4O2. The van der Waals surface area contributed by atoms with E-state index in [-0.39, 0.29) is 5.91 Å². The summed E-state index contributed by atoms with van der Waals surface area (Å²) in [7, 11) is 0. The molecule has 6 nitrogen and oxygen atoms in total. The van der Waals surface area contributed by atoms with Crippen molar-refractivity contribution in [2.45, 2.75) is 20.3 Å². The first-order valence-electron chi connectivity index (χ1n) is 9.18. The summed E-state index contributed by atoms with van der Waals surface area (Å²) in [5, 5.41) is 11.7. The Morgan fingerprint density at radius 2 is 2.00 bits per heavy atom. The number of hydrogen-bond acceptors (Lipinski definition) is 5.